The summed E-state index contributed by atoms with van der Waals surface area (Å²) in [5.41, 5.74) is 0.378. The third-order valence-electron chi connectivity index (χ3n) is 5.30. The van der Waals surface area contributed by atoms with Crippen LogP contribution in [0.15, 0.2) is 17.5 Å². The molecule has 0 amide bonds. The summed E-state index contributed by atoms with van der Waals surface area (Å²) in [4.78, 5) is 4.32. The Hall–Kier alpha value is -0.380. The average Bonchev–Trinajstić information content (AvgIpc) is 3.29. The molecule has 2 aliphatic carbocycles. The van der Waals surface area contributed by atoms with Crippen LogP contribution in [0.25, 0.3) is 0 Å². The molecule has 3 fully saturated rings. The predicted molar refractivity (Wildman–Crippen MR) is 80.4 cm³/mol. The van der Waals surface area contributed by atoms with Crippen molar-refractivity contribution in [3.63, 3.8) is 0 Å². The second-order valence-electron chi connectivity index (χ2n) is 6.96. The second kappa shape index (κ2) is 4.57. The lowest BCUT2D eigenvalue weighted by Gasteiger charge is -2.47. The van der Waals surface area contributed by atoms with Crippen LogP contribution in [0.3, 0.4) is 0 Å². The molecule has 1 aromatic rings. The molecule has 1 aromatic heterocycles. The first kappa shape index (κ1) is 12.4. The smallest absolute Gasteiger partial charge is 0.0332 e. The topological polar surface area (TPSA) is 15.3 Å². The Morgan fingerprint density at radius 2 is 2.21 bits per heavy atom. The SMILES string of the molecule is CC1(C2CC2)CN(Cc2cccs2)C(C2CC2)CN1. The number of nitrogens with zero attached hydrogens (tertiary/aromatic N) is 1. The zero-order valence-electron chi connectivity index (χ0n) is 11.8. The summed E-state index contributed by atoms with van der Waals surface area (Å²) in [6.45, 7) is 6.08. The number of rotatable bonds is 4. The van der Waals surface area contributed by atoms with Crippen molar-refractivity contribution >= 4 is 11.3 Å². The van der Waals surface area contributed by atoms with Crippen LogP contribution in [0.1, 0.15) is 37.5 Å². The van der Waals surface area contributed by atoms with Crippen LogP contribution in [-0.2, 0) is 6.54 Å². The van der Waals surface area contributed by atoms with Crippen molar-refractivity contribution in [2.75, 3.05) is 13.1 Å². The Morgan fingerprint density at radius 3 is 2.84 bits per heavy atom. The van der Waals surface area contributed by atoms with Crippen molar-refractivity contribution in [1.29, 1.82) is 0 Å². The van der Waals surface area contributed by atoms with Gasteiger partial charge in [-0.2, -0.15) is 0 Å². The first-order valence-corrected chi connectivity index (χ1v) is 8.64. The Bertz CT molecular complexity index is 436. The molecule has 2 nitrogen and oxygen atoms in total. The minimum absolute atomic E-state index is 0.378. The van der Waals surface area contributed by atoms with Gasteiger partial charge in [0.15, 0.2) is 0 Å². The lowest BCUT2D eigenvalue weighted by atomic mass is 9.90. The van der Waals surface area contributed by atoms with Crippen LogP contribution in [-0.4, -0.2) is 29.6 Å². The van der Waals surface area contributed by atoms with E-state index >= 15 is 0 Å². The fourth-order valence-corrected chi connectivity index (χ4v) is 4.51. The quantitative estimate of drug-likeness (QED) is 0.909. The molecular formula is C16H24N2S. The van der Waals surface area contributed by atoms with Crippen molar-refractivity contribution in [2.24, 2.45) is 11.8 Å². The van der Waals surface area contributed by atoms with E-state index < -0.39 is 0 Å². The van der Waals surface area contributed by atoms with E-state index in [0.717, 1.165) is 17.9 Å². The standard InChI is InChI=1S/C16H24N2S/c1-16(13-6-7-13)11-18(10-14-3-2-8-19-14)15(9-17-16)12-4-5-12/h2-3,8,12-13,15,17H,4-7,9-11H2,1H3. The molecule has 0 bridgehead atoms. The van der Waals surface area contributed by atoms with E-state index in [1.165, 1.54) is 50.2 Å². The fraction of sp³-hybridized carbons (Fsp3) is 0.750. The Balaban J connectivity index is 1.51. The Morgan fingerprint density at radius 1 is 1.37 bits per heavy atom. The van der Waals surface area contributed by atoms with Gasteiger partial charge in [0.2, 0.25) is 0 Å². The maximum Gasteiger partial charge on any atom is 0.0332 e. The third kappa shape index (κ3) is 2.48. The van der Waals surface area contributed by atoms with Crippen molar-refractivity contribution in [2.45, 2.75) is 50.7 Å². The monoisotopic (exact) mass is 276 g/mol. The molecule has 104 valence electrons. The highest BCUT2D eigenvalue weighted by Crippen LogP contribution is 2.44. The second-order valence-corrected chi connectivity index (χ2v) is 7.99. The third-order valence-corrected chi connectivity index (χ3v) is 6.16. The molecule has 2 heterocycles. The van der Waals surface area contributed by atoms with Gasteiger partial charge in [-0.25, -0.2) is 0 Å². The summed E-state index contributed by atoms with van der Waals surface area (Å²) in [6.07, 6.45) is 5.77. The molecule has 1 N–H and O–H groups in total. The van der Waals surface area contributed by atoms with Crippen molar-refractivity contribution in [3.05, 3.63) is 22.4 Å². The molecule has 0 spiro atoms. The number of piperazine rings is 1. The van der Waals surface area contributed by atoms with Crippen LogP contribution in [0.4, 0.5) is 0 Å². The van der Waals surface area contributed by atoms with Crippen molar-refractivity contribution in [3.8, 4) is 0 Å². The van der Waals surface area contributed by atoms with Gasteiger partial charge < -0.3 is 5.32 Å². The first-order valence-electron chi connectivity index (χ1n) is 7.76. The van der Waals surface area contributed by atoms with Gasteiger partial charge in [-0.15, -0.1) is 11.3 Å². The zero-order valence-corrected chi connectivity index (χ0v) is 12.6. The number of hydrogen-bond acceptors (Lipinski definition) is 3. The molecule has 2 unspecified atom stereocenters. The highest BCUT2D eigenvalue weighted by Gasteiger charge is 2.48. The largest absolute Gasteiger partial charge is 0.308 e. The van der Waals surface area contributed by atoms with E-state index in [0.29, 0.717) is 5.54 Å². The van der Waals surface area contributed by atoms with Crippen LogP contribution < -0.4 is 5.32 Å². The maximum absolute atomic E-state index is 3.90. The molecule has 0 radical (unpaired) electrons. The van der Waals surface area contributed by atoms with Crippen molar-refractivity contribution < 1.29 is 0 Å². The summed E-state index contributed by atoms with van der Waals surface area (Å²) in [5.74, 6) is 1.90. The Kier molecular flexibility index (Phi) is 2.98. The van der Waals surface area contributed by atoms with Gasteiger partial charge in [0.05, 0.1) is 0 Å². The molecule has 1 saturated heterocycles. The average molecular weight is 276 g/mol. The van der Waals surface area contributed by atoms with Crippen LogP contribution >= 0.6 is 11.3 Å². The lowest BCUT2D eigenvalue weighted by Crippen LogP contribution is -2.64. The molecule has 2 saturated carbocycles. The minimum atomic E-state index is 0.378. The predicted octanol–water partition coefficient (Wildman–Crippen LogP) is 3.10. The number of hydrogen-bond donors (Lipinski definition) is 1. The molecule has 3 aliphatic rings. The zero-order chi connectivity index (χ0) is 12.9. The van der Waals surface area contributed by atoms with Gasteiger partial charge in [-0.05, 0) is 55.9 Å². The van der Waals surface area contributed by atoms with E-state index in [9.17, 15) is 0 Å². The summed E-state index contributed by atoms with van der Waals surface area (Å²) < 4.78 is 0. The van der Waals surface area contributed by atoms with E-state index in [-0.39, 0.29) is 0 Å². The first-order chi connectivity index (χ1) is 9.24. The highest BCUT2D eigenvalue weighted by atomic mass is 32.1. The van der Waals surface area contributed by atoms with E-state index in [1.807, 2.05) is 11.3 Å². The number of nitrogens with one attached hydrogen (secondary N) is 1. The van der Waals surface area contributed by atoms with Crippen LogP contribution in [0, 0.1) is 11.8 Å². The maximum atomic E-state index is 3.90. The van der Waals surface area contributed by atoms with Gasteiger partial charge >= 0.3 is 0 Å². The molecule has 3 heteroatoms. The molecule has 19 heavy (non-hydrogen) atoms. The lowest BCUT2D eigenvalue weighted by molar-refractivity contribution is 0.0586. The summed E-state index contributed by atoms with van der Waals surface area (Å²) in [7, 11) is 0. The Labute approximate surface area is 120 Å². The molecule has 1 aliphatic heterocycles. The van der Waals surface area contributed by atoms with Gasteiger partial charge in [-0.3, -0.25) is 4.90 Å². The van der Waals surface area contributed by atoms with E-state index in [1.54, 1.807) is 0 Å². The fourth-order valence-electron chi connectivity index (χ4n) is 3.78. The van der Waals surface area contributed by atoms with Crippen LogP contribution in [0.5, 0.6) is 0 Å². The number of thiophene rings is 1. The van der Waals surface area contributed by atoms with Gasteiger partial charge in [0, 0.05) is 36.1 Å². The molecular weight excluding hydrogens is 252 g/mol. The highest BCUT2D eigenvalue weighted by molar-refractivity contribution is 7.09. The normalized spacial score (nSPS) is 36.6. The van der Waals surface area contributed by atoms with Crippen LogP contribution in [0.2, 0.25) is 0 Å². The molecule has 2 atom stereocenters. The van der Waals surface area contributed by atoms with Crippen molar-refractivity contribution in [1.82, 2.24) is 10.2 Å². The minimum Gasteiger partial charge on any atom is -0.308 e. The summed E-state index contributed by atoms with van der Waals surface area (Å²) >= 11 is 1.91. The molecule has 0 aromatic carbocycles. The van der Waals surface area contributed by atoms with E-state index in [2.05, 4.69) is 34.7 Å². The summed E-state index contributed by atoms with van der Waals surface area (Å²) in [6, 6.07) is 5.27. The van der Waals surface area contributed by atoms with Gasteiger partial charge in [0.1, 0.15) is 0 Å². The van der Waals surface area contributed by atoms with E-state index in [4.69, 9.17) is 0 Å². The molecule has 4 rings (SSSR count). The van der Waals surface area contributed by atoms with Gasteiger partial charge in [-0.1, -0.05) is 6.07 Å². The van der Waals surface area contributed by atoms with Gasteiger partial charge in [0.25, 0.3) is 0 Å². The summed E-state index contributed by atoms with van der Waals surface area (Å²) in [5, 5.41) is 6.11.